The van der Waals surface area contributed by atoms with Crippen molar-refractivity contribution < 1.29 is 24.2 Å². The number of carbonyl (C=O) groups excluding carboxylic acids is 1. The SMILES string of the molecule is O=C(O)CCC(Cc1ccccc1)NC(=O)NCC1COCCO1. The van der Waals surface area contributed by atoms with E-state index in [-0.39, 0.29) is 24.6 Å². The summed E-state index contributed by atoms with van der Waals surface area (Å²) in [6.45, 7) is 1.94. The molecule has 1 aromatic carbocycles. The molecular weight excluding hydrogens is 312 g/mol. The van der Waals surface area contributed by atoms with Crippen LogP contribution < -0.4 is 10.6 Å². The maximum Gasteiger partial charge on any atom is 0.315 e. The number of benzene rings is 1. The Morgan fingerprint density at radius 2 is 2.04 bits per heavy atom. The van der Waals surface area contributed by atoms with E-state index in [1.54, 1.807) is 0 Å². The summed E-state index contributed by atoms with van der Waals surface area (Å²) in [5.41, 5.74) is 1.05. The predicted molar refractivity (Wildman–Crippen MR) is 87.9 cm³/mol. The van der Waals surface area contributed by atoms with Gasteiger partial charge in [0.05, 0.1) is 25.9 Å². The quantitative estimate of drug-likeness (QED) is 0.662. The highest BCUT2D eigenvalue weighted by Crippen LogP contribution is 2.08. The molecule has 7 nitrogen and oxygen atoms in total. The van der Waals surface area contributed by atoms with Crippen molar-refractivity contribution in [3.05, 3.63) is 35.9 Å². The Balaban J connectivity index is 1.81. The molecule has 1 aliphatic heterocycles. The van der Waals surface area contributed by atoms with Gasteiger partial charge in [-0.25, -0.2) is 4.79 Å². The normalized spacial score (nSPS) is 18.6. The molecule has 2 amide bonds. The van der Waals surface area contributed by atoms with Gasteiger partial charge >= 0.3 is 12.0 Å². The van der Waals surface area contributed by atoms with E-state index >= 15 is 0 Å². The highest BCUT2D eigenvalue weighted by Gasteiger charge is 2.18. The molecule has 24 heavy (non-hydrogen) atoms. The van der Waals surface area contributed by atoms with E-state index in [9.17, 15) is 9.59 Å². The van der Waals surface area contributed by atoms with Crippen molar-refractivity contribution in [1.82, 2.24) is 10.6 Å². The third-order valence-electron chi connectivity index (χ3n) is 3.74. The topological polar surface area (TPSA) is 96.9 Å². The molecule has 1 aliphatic rings. The zero-order valence-electron chi connectivity index (χ0n) is 13.6. The molecule has 3 N–H and O–H groups in total. The van der Waals surface area contributed by atoms with Gasteiger partial charge in [0.25, 0.3) is 0 Å². The molecule has 1 fully saturated rings. The van der Waals surface area contributed by atoms with Crippen LogP contribution in [0.2, 0.25) is 0 Å². The molecule has 1 saturated heterocycles. The summed E-state index contributed by atoms with van der Waals surface area (Å²) in [5, 5.41) is 14.5. The third-order valence-corrected chi connectivity index (χ3v) is 3.74. The van der Waals surface area contributed by atoms with Crippen molar-refractivity contribution >= 4 is 12.0 Å². The van der Waals surface area contributed by atoms with Crippen molar-refractivity contribution in [2.24, 2.45) is 0 Å². The Hall–Kier alpha value is -2.12. The highest BCUT2D eigenvalue weighted by molar-refractivity contribution is 5.74. The average Bonchev–Trinajstić information content (AvgIpc) is 2.60. The molecule has 0 aromatic heterocycles. The number of nitrogens with one attached hydrogen (secondary N) is 2. The van der Waals surface area contributed by atoms with E-state index in [1.807, 2.05) is 30.3 Å². The van der Waals surface area contributed by atoms with Gasteiger partial charge < -0.3 is 25.2 Å². The van der Waals surface area contributed by atoms with Crippen molar-refractivity contribution in [3.63, 3.8) is 0 Å². The number of hydrogen-bond acceptors (Lipinski definition) is 4. The van der Waals surface area contributed by atoms with Crippen LogP contribution in [0.5, 0.6) is 0 Å². The Kier molecular flexibility index (Phi) is 7.51. The van der Waals surface area contributed by atoms with E-state index < -0.39 is 5.97 Å². The van der Waals surface area contributed by atoms with Crippen LogP contribution in [0.1, 0.15) is 18.4 Å². The summed E-state index contributed by atoms with van der Waals surface area (Å²) in [6, 6.07) is 9.11. The zero-order valence-corrected chi connectivity index (χ0v) is 13.6. The molecule has 7 heteroatoms. The minimum atomic E-state index is -0.872. The second kappa shape index (κ2) is 9.89. The number of hydrogen-bond donors (Lipinski definition) is 3. The molecule has 0 spiro atoms. The van der Waals surface area contributed by atoms with Crippen LogP contribution in [0.4, 0.5) is 4.79 Å². The van der Waals surface area contributed by atoms with E-state index in [2.05, 4.69) is 10.6 Å². The summed E-state index contributed by atoms with van der Waals surface area (Å²) in [4.78, 5) is 22.9. The van der Waals surface area contributed by atoms with Crippen LogP contribution in [0.15, 0.2) is 30.3 Å². The van der Waals surface area contributed by atoms with Crippen molar-refractivity contribution in [1.29, 1.82) is 0 Å². The summed E-state index contributed by atoms with van der Waals surface area (Å²) < 4.78 is 10.7. The first-order chi connectivity index (χ1) is 11.6. The molecule has 0 saturated carbocycles. The molecule has 2 unspecified atom stereocenters. The molecule has 1 heterocycles. The number of carboxylic acids is 1. The van der Waals surface area contributed by atoms with Crippen LogP contribution in [0.25, 0.3) is 0 Å². The van der Waals surface area contributed by atoms with Gasteiger partial charge in [-0.05, 0) is 18.4 Å². The van der Waals surface area contributed by atoms with Gasteiger partial charge in [0.2, 0.25) is 0 Å². The van der Waals surface area contributed by atoms with Gasteiger partial charge in [0.15, 0.2) is 0 Å². The number of ether oxygens (including phenoxy) is 2. The van der Waals surface area contributed by atoms with Gasteiger partial charge in [-0.15, -0.1) is 0 Å². The number of carbonyl (C=O) groups is 2. The number of urea groups is 1. The van der Waals surface area contributed by atoms with Crippen molar-refractivity contribution in [2.45, 2.75) is 31.4 Å². The van der Waals surface area contributed by atoms with Gasteiger partial charge in [-0.3, -0.25) is 4.79 Å². The molecule has 1 aromatic rings. The maximum absolute atomic E-state index is 12.1. The molecular formula is C17H24N2O5. The summed E-state index contributed by atoms with van der Waals surface area (Å²) in [7, 11) is 0. The minimum absolute atomic E-state index is 0.0113. The molecule has 0 aliphatic carbocycles. The first kappa shape index (κ1) is 18.2. The van der Waals surface area contributed by atoms with Crippen LogP contribution in [-0.4, -0.2) is 55.6 Å². The monoisotopic (exact) mass is 336 g/mol. The Bertz CT molecular complexity index is 517. The van der Waals surface area contributed by atoms with Crippen LogP contribution >= 0.6 is 0 Å². The summed E-state index contributed by atoms with van der Waals surface area (Å²) in [6.07, 6.45) is 0.832. The van der Waals surface area contributed by atoms with E-state index in [0.717, 1.165) is 5.56 Å². The highest BCUT2D eigenvalue weighted by atomic mass is 16.6. The maximum atomic E-state index is 12.1. The number of carboxylic acid groups (broad SMARTS) is 1. The number of amides is 2. The lowest BCUT2D eigenvalue weighted by atomic mass is 10.0. The first-order valence-corrected chi connectivity index (χ1v) is 8.13. The fraction of sp³-hybridized carbons (Fsp3) is 0.529. The fourth-order valence-corrected chi connectivity index (χ4v) is 2.52. The van der Waals surface area contributed by atoms with Crippen LogP contribution in [0, 0.1) is 0 Å². The second-order valence-corrected chi connectivity index (χ2v) is 5.74. The molecule has 0 bridgehead atoms. The van der Waals surface area contributed by atoms with Crippen molar-refractivity contribution in [2.75, 3.05) is 26.4 Å². The standard InChI is InChI=1S/C17H24N2O5/c20-16(21)7-6-14(10-13-4-2-1-3-5-13)19-17(22)18-11-15-12-23-8-9-24-15/h1-5,14-15H,6-12H2,(H,20,21)(H2,18,19,22). The lowest BCUT2D eigenvalue weighted by Gasteiger charge is -2.24. The van der Waals surface area contributed by atoms with Crippen LogP contribution in [0.3, 0.4) is 0 Å². The summed E-state index contributed by atoms with van der Waals surface area (Å²) in [5.74, 6) is -0.872. The van der Waals surface area contributed by atoms with Gasteiger partial charge in [-0.2, -0.15) is 0 Å². The van der Waals surface area contributed by atoms with Gasteiger partial charge in [0.1, 0.15) is 0 Å². The van der Waals surface area contributed by atoms with E-state index in [1.165, 1.54) is 0 Å². The molecule has 0 radical (unpaired) electrons. The Labute approximate surface area is 141 Å². The number of aliphatic carboxylic acids is 1. The third kappa shape index (κ3) is 6.97. The second-order valence-electron chi connectivity index (χ2n) is 5.74. The lowest BCUT2D eigenvalue weighted by Crippen LogP contribution is -2.47. The fourth-order valence-electron chi connectivity index (χ4n) is 2.52. The van der Waals surface area contributed by atoms with Gasteiger partial charge in [0, 0.05) is 19.0 Å². The average molecular weight is 336 g/mol. The van der Waals surface area contributed by atoms with E-state index in [0.29, 0.717) is 39.2 Å². The lowest BCUT2D eigenvalue weighted by molar-refractivity contribution is -0.137. The van der Waals surface area contributed by atoms with Crippen LogP contribution in [-0.2, 0) is 20.7 Å². The zero-order chi connectivity index (χ0) is 17.2. The van der Waals surface area contributed by atoms with Crippen molar-refractivity contribution in [3.8, 4) is 0 Å². The summed E-state index contributed by atoms with van der Waals surface area (Å²) >= 11 is 0. The molecule has 132 valence electrons. The van der Waals surface area contributed by atoms with E-state index in [4.69, 9.17) is 14.6 Å². The minimum Gasteiger partial charge on any atom is -0.481 e. The Morgan fingerprint density at radius 3 is 2.71 bits per heavy atom. The largest absolute Gasteiger partial charge is 0.481 e. The smallest absolute Gasteiger partial charge is 0.315 e. The van der Waals surface area contributed by atoms with Gasteiger partial charge in [-0.1, -0.05) is 30.3 Å². The number of rotatable bonds is 8. The Morgan fingerprint density at radius 1 is 1.25 bits per heavy atom. The first-order valence-electron chi connectivity index (χ1n) is 8.13. The molecule has 2 rings (SSSR count). The molecule has 2 atom stereocenters. The predicted octanol–water partition coefficient (Wildman–Crippen LogP) is 1.18.